The summed E-state index contributed by atoms with van der Waals surface area (Å²) in [7, 11) is 2.06. The molecule has 0 amide bonds. The first-order valence-corrected chi connectivity index (χ1v) is 3.50. The molecule has 0 aromatic heterocycles. The van der Waals surface area contributed by atoms with Crippen molar-refractivity contribution in [3.8, 4) is 0 Å². The van der Waals surface area contributed by atoms with Gasteiger partial charge in [0.05, 0.1) is 0 Å². The van der Waals surface area contributed by atoms with Gasteiger partial charge in [-0.2, -0.15) is 0 Å². The number of unbranched alkanes of at least 4 members (excludes halogenated alkanes) is 1. The van der Waals surface area contributed by atoms with Crippen molar-refractivity contribution in [2.24, 2.45) is 5.73 Å². The Bertz CT molecular complexity index is 77.5. The van der Waals surface area contributed by atoms with Crippen molar-refractivity contribution in [3.05, 3.63) is 0 Å². The number of carbonyl (C=O) groups excluding carboxylic acids is 1. The van der Waals surface area contributed by atoms with Crippen LogP contribution in [0.3, 0.4) is 0 Å². The zero-order chi connectivity index (χ0) is 7.11. The second-order valence-corrected chi connectivity index (χ2v) is 2.27. The van der Waals surface area contributed by atoms with Crippen LogP contribution >= 0.6 is 0 Å². The molecular weight excluding hydrogens is 113 g/mol. The van der Waals surface area contributed by atoms with Gasteiger partial charge in [-0.15, -0.1) is 0 Å². The van der Waals surface area contributed by atoms with E-state index in [-0.39, 0.29) is 0 Å². The van der Waals surface area contributed by atoms with Crippen LogP contribution in [0.25, 0.3) is 0 Å². The van der Waals surface area contributed by atoms with Gasteiger partial charge in [0.25, 0.3) is 0 Å². The molecule has 0 saturated heterocycles. The highest BCUT2D eigenvalue weighted by Crippen LogP contribution is 1.98. The predicted molar refractivity (Wildman–Crippen MR) is 41.2 cm³/mol. The van der Waals surface area contributed by atoms with Gasteiger partial charge in [0.2, 0.25) is 0 Å². The molecule has 0 aromatic carbocycles. The van der Waals surface area contributed by atoms with E-state index in [9.17, 15) is 4.79 Å². The smallest absolute Gasteiger partial charge is 0.119 e. The Morgan fingerprint density at radius 1 is 1.67 bits per heavy atom. The predicted octanol–water partition coefficient (Wildman–Crippen LogP) is -0.266. The van der Waals surface area contributed by atoms with E-state index in [1.165, 1.54) is 0 Å². The fourth-order valence-corrected chi connectivity index (χ4v) is 0.667. The molecule has 3 heteroatoms. The lowest BCUT2D eigenvalue weighted by Crippen LogP contribution is -2.18. The summed E-state index contributed by atoms with van der Waals surface area (Å²) in [4.78, 5) is 9.83. The average Bonchev–Trinajstić information content (AvgIpc) is 1.89. The number of aldehydes is 1. The van der Waals surface area contributed by atoms with Crippen LogP contribution in [0.2, 0.25) is 6.32 Å². The normalized spacial score (nSPS) is 13.0. The molecule has 9 heavy (non-hydrogen) atoms. The first kappa shape index (κ1) is 8.69. The number of hydrogen-bond donors (Lipinski definition) is 1. The lowest BCUT2D eigenvalue weighted by atomic mass is 9.94. The number of rotatable bonds is 5. The summed E-state index contributed by atoms with van der Waals surface area (Å²) in [5.74, 6) is 0. The molecule has 0 aromatic rings. The maximum Gasteiger partial charge on any atom is 0.119 e. The third-order valence-electron chi connectivity index (χ3n) is 1.42. The Morgan fingerprint density at radius 2 is 2.33 bits per heavy atom. The summed E-state index contributed by atoms with van der Waals surface area (Å²) in [6.45, 7) is 0. The summed E-state index contributed by atoms with van der Waals surface area (Å²) >= 11 is 0. The van der Waals surface area contributed by atoms with Gasteiger partial charge in [0.1, 0.15) is 14.1 Å². The Kier molecular flexibility index (Phi) is 5.63. The standard InChI is InChI=1S/C6H14BNO/c7-5-6(8)3-1-2-4-9/h4,6H,1-3,5,7-8H2. The zero-order valence-corrected chi connectivity index (χ0v) is 5.97. The van der Waals surface area contributed by atoms with Gasteiger partial charge in [0, 0.05) is 6.42 Å². The molecule has 0 aliphatic heterocycles. The van der Waals surface area contributed by atoms with Crippen molar-refractivity contribution in [1.82, 2.24) is 0 Å². The van der Waals surface area contributed by atoms with Crippen LogP contribution < -0.4 is 5.73 Å². The highest BCUT2D eigenvalue weighted by atomic mass is 16.1. The first-order chi connectivity index (χ1) is 4.31. The minimum atomic E-state index is 0.296. The van der Waals surface area contributed by atoms with E-state index in [0.29, 0.717) is 12.5 Å². The topological polar surface area (TPSA) is 43.1 Å². The Hall–Kier alpha value is -0.305. The molecule has 0 spiro atoms. The van der Waals surface area contributed by atoms with Gasteiger partial charge >= 0.3 is 0 Å². The van der Waals surface area contributed by atoms with Crippen molar-refractivity contribution in [2.75, 3.05) is 0 Å². The summed E-state index contributed by atoms with van der Waals surface area (Å²) in [6.07, 6.45) is 4.54. The van der Waals surface area contributed by atoms with Crippen molar-refractivity contribution in [3.63, 3.8) is 0 Å². The van der Waals surface area contributed by atoms with E-state index in [1.807, 2.05) is 0 Å². The quantitative estimate of drug-likeness (QED) is 0.314. The molecule has 1 atom stereocenters. The lowest BCUT2D eigenvalue weighted by molar-refractivity contribution is -0.107. The van der Waals surface area contributed by atoms with Crippen molar-refractivity contribution < 1.29 is 4.79 Å². The fraction of sp³-hybridized carbons (Fsp3) is 0.833. The summed E-state index contributed by atoms with van der Waals surface area (Å²) in [5, 5.41) is 0. The molecule has 0 rings (SSSR count). The second kappa shape index (κ2) is 5.82. The van der Waals surface area contributed by atoms with Gasteiger partial charge in [-0.1, -0.05) is 6.32 Å². The second-order valence-electron chi connectivity index (χ2n) is 2.27. The van der Waals surface area contributed by atoms with Crippen molar-refractivity contribution in [2.45, 2.75) is 31.6 Å². The SMILES string of the molecule is BCC(N)CCCC=O. The van der Waals surface area contributed by atoms with Crippen LogP contribution in [-0.4, -0.2) is 20.2 Å². The molecule has 0 aliphatic carbocycles. The number of nitrogens with two attached hydrogens (primary N) is 1. The summed E-state index contributed by atoms with van der Waals surface area (Å²) in [5.41, 5.74) is 5.60. The van der Waals surface area contributed by atoms with Crippen LogP contribution in [0.5, 0.6) is 0 Å². The van der Waals surface area contributed by atoms with Gasteiger partial charge in [-0.05, 0) is 18.9 Å². The van der Waals surface area contributed by atoms with Crippen LogP contribution in [0.15, 0.2) is 0 Å². The van der Waals surface area contributed by atoms with Gasteiger partial charge in [-0.3, -0.25) is 0 Å². The fourth-order valence-electron chi connectivity index (χ4n) is 0.667. The van der Waals surface area contributed by atoms with Gasteiger partial charge < -0.3 is 10.5 Å². The monoisotopic (exact) mass is 127 g/mol. The molecule has 0 saturated carbocycles. The molecule has 2 N–H and O–H groups in total. The molecule has 0 bridgehead atoms. The van der Waals surface area contributed by atoms with E-state index in [2.05, 4.69) is 7.85 Å². The van der Waals surface area contributed by atoms with Crippen LogP contribution in [-0.2, 0) is 4.79 Å². The third-order valence-corrected chi connectivity index (χ3v) is 1.42. The molecule has 0 radical (unpaired) electrons. The highest BCUT2D eigenvalue weighted by molar-refractivity contribution is 6.08. The van der Waals surface area contributed by atoms with Crippen molar-refractivity contribution >= 4 is 14.1 Å². The minimum Gasteiger partial charge on any atom is -0.328 e. The van der Waals surface area contributed by atoms with Crippen LogP contribution in [0.1, 0.15) is 19.3 Å². The van der Waals surface area contributed by atoms with Crippen LogP contribution in [0.4, 0.5) is 0 Å². The first-order valence-electron chi connectivity index (χ1n) is 3.50. The third kappa shape index (κ3) is 5.57. The minimum absolute atomic E-state index is 0.296. The average molecular weight is 127 g/mol. The summed E-state index contributed by atoms with van der Waals surface area (Å²) in [6, 6.07) is 0.296. The van der Waals surface area contributed by atoms with Gasteiger partial charge in [0.15, 0.2) is 0 Å². The van der Waals surface area contributed by atoms with E-state index in [0.717, 1.165) is 25.4 Å². The van der Waals surface area contributed by atoms with E-state index < -0.39 is 0 Å². The molecule has 0 aliphatic rings. The maximum atomic E-state index is 9.83. The molecule has 52 valence electrons. The zero-order valence-electron chi connectivity index (χ0n) is 5.97. The highest BCUT2D eigenvalue weighted by Gasteiger charge is 1.96. The van der Waals surface area contributed by atoms with E-state index in [1.54, 1.807) is 0 Å². The molecular formula is C6H14BNO. The Balaban J connectivity index is 2.96. The van der Waals surface area contributed by atoms with Crippen LogP contribution in [0, 0.1) is 0 Å². The molecule has 1 unspecified atom stereocenters. The lowest BCUT2D eigenvalue weighted by Gasteiger charge is -2.04. The Morgan fingerprint density at radius 3 is 2.78 bits per heavy atom. The van der Waals surface area contributed by atoms with Crippen molar-refractivity contribution in [1.29, 1.82) is 0 Å². The Labute approximate surface area is 57.2 Å². The number of carbonyl (C=O) groups is 1. The maximum absolute atomic E-state index is 9.83. The largest absolute Gasteiger partial charge is 0.328 e. The molecule has 0 fully saturated rings. The number of hydrogen-bond acceptors (Lipinski definition) is 2. The van der Waals surface area contributed by atoms with E-state index in [4.69, 9.17) is 5.73 Å². The molecule has 0 heterocycles. The summed E-state index contributed by atoms with van der Waals surface area (Å²) < 4.78 is 0. The molecule has 2 nitrogen and oxygen atoms in total. The van der Waals surface area contributed by atoms with E-state index >= 15 is 0 Å². The van der Waals surface area contributed by atoms with Gasteiger partial charge in [-0.25, -0.2) is 0 Å².